The van der Waals surface area contributed by atoms with E-state index in [1.165, 1.54) is 0 Å². The second kappa shape index (κ2) is 5.75. The second-order valence-corrected chi connectivity index (χ2v) is 2.80. The molecule has 2 nitrogen and oxygen atoms in total. The van der Waals surface area contributed by atoms with Crippen LogP contribution in [0.1, 0.15) is 12.8 Å². The van der Waals surface area contributed by atoms with E-state index in [4.69, 9.17) is 5.73 Å². The molecule has 1 aliphatic rings. The van der Waals surface area contributed by atoms with E-state index < -0.39 is 6.17 Å². The lowest BCUT2D eigenvalue weighted by atomic mass is 10.1. The first-order valence-corrected chi connectivity index (χ1v) is 3.89. The number of hydrogen-bond acceptors (Lipinski definition) is 2. The zero-order valence-electron chi connectivity index (χ0n) is 6.63. The van der Waals surface area contributed by atoms with E-state index in [1.807, 2.05) is 0 Å². The Labute approximate surface area is 73.3 Å². The summed E-state index contributed by atoms with van der Waals surface area (Å²) < 4.78 is 12.5. The number of likely N-dealkylation sites (tertiary alicyclic amines) is 1. The van der Waals surface area contributed by atoms with Crippen LogP contribution in [0.2, 0.25) is 0 Å². The molecule has 1 fully saturated rings. The van der Waals surface area contributed by atoms with Gasteiger partial charge >= 0.3 is 0 Å². The quantitative estimate of drug-likeness (QED) is 0.685. The summed E-state index contributed by atoms with van der Waals surface area (Å²) >= 11 is 0. The highest BCUT2D eigenvalue weighted by Crippen LogP contribution is 2.11. The van der Waals surface area contributed by atoms with Gasteiger partial charge in [0.1, 0.15) is 6.17 Å². The molecule has 0 aliphatic carbocycles. The summed E-state index contributed by atoms with van der Waals surface area (Å²) in [6, 6.07) is 0. The molecule has 0 unspecified atom stereocenters. The van der Waals surface area contributed by atoms with Gasteiger partial charge in [-0.2, -0.15) is 0 Å². The fraction of sp³-hybridized carbons (Fsp3) is 1.00. The molecule has 0 aromatic rings. The van der Waals surface area contributed by atoms with Crippen molar-refractivity contribution in [3.05, 3.63) is 0 Å². The van der Waals surface area contributed by atoms with Crippen LogP contribution in [0.15, 0.2) is 0 Å². The largest absolute Gasteiger partial charge is 0.329 e. The fourth-order valence-corrected chi connectivity index (χ4v) is 1.31. The molecule has 1 rings (SSSR count). The van der Waals surface area contributed by atoms with Crippen LogP contribution in [-0.2, 0) is 0 Å². The molecule has 1 saturated heterocycles. The molecule has 1 aliphatic heterocycles. The Morgan fingerprint density at radius 1 is 1.36 bits per heavy atom. The molecule has 0 bridgehead atoms. The number of hydrogen-bond donors (Lipinski definition) is 1. The molecule has 0 spiro atoms. The van der Waals surface area contributed by atoms with E-state index in [-0.39, 0.29) is 12.4 Å². The van der Waals surface area contributed by atoms with Crippen molar-refractivity contribution in [2.45, 2.75) is 19.0 Å². The van der Waals surface area contributed by atoms with Crippen LogP contribution >= 0.6 is 12.4 Å². The third-order valence-corrected chi connectivity index (χ3v) is 1.96. The highest BCUT2D eigenvalue weighted by atomic mass is 35.5. The first-order chi connectivity index (χ1) is 4.83. The monoisotopic (exact) mass is 182 g/mol. The average molecular weight is 183 g/mol. The van der Waals surface area contributed by atoms with Crippen molar-refractivity contribution >= 4 is 12.4 Å². The zero-order chi connectivity index (χ0) is 7.40. The maximum Gasteiger partial charge on any atom is 0.103 e. The Kier molecular flexibility index (Phi) is 5.82. The van der Waals surface area contributed by atoms with Gasteiger partial charge < -0.3 is 10.6 Å². The van der Waals surface area contributed by atoms with Gasteiger partial charge in [-0.3, -0.25) is 0 Å². The second-order valence-electron chi connectivity index (χ2n) is 2.80. The van der Waals surface area contributed by atoms with Crippen LogP contribution in [0.25, 0.3) is 0 Å². The first kappa shape index (κ1) is 11.1. The molecule has 0 amide bonds. The maximum atomic E-state index is 12.5. The number of alkyl halides is 1. The van der Waals surface area contributed by atoms with E-state index in [0.717, 1.165) is 19.6 Å². The van der Waals surface area contributed by atoms with Gasteiger partial charge in [-0.1, -0.05) is 0 Å². The molecule has 11 heavy (non-hydrogen) atoms. The standard InChI is InChI=1S/C7H15FN2.ClH/c8-7-1-4-10(5-2-7)6-3-9;/h7H,1-6,9H2;1H. The maximum absolute atomic E-state index is 12.5. The van der Waals surface area contributed by atoms with Gasteiger partial charge in [0.2, 0.25) is 0 Å². The number of rotatable bonds is 2. The third-order valence-electron chi connectivity index (χ3n) is 1.96. The van der Waals surface area contributed by atoms with E-state index in [2.05, 4.69) is 4.90 Å². The fourth-order valence-electron chi connectivity index (χ4n) is 1.31. The van der Waals surface area contributed by atoms with Gasteiger partial charge in [0.05, 0.1) is 0 Å². The Bertz CT molecular complexity index is 94.4. The predicted octanol–water partition coefficient (Wildman–Crippen LogP) is 0.801. The minimum Gasteiger partial charge on any atom is -0.329 e. The van der Waals surface area contributed by atoms with Gasteiger partial charge in [-0.05, 0) is 12.8 Å². The minimum atomic E-state index is -0.561. The normalized spacial score (nSPS) is 21.3. The summed E-state index contributed by atoms with van der Waals surface area (Å²) in [6.07, 6.45) is 0.828. The van der Waals surface area contributed by atoms with Gasteiger partial charge in [0.15, 0.2) is 0 Å². The topological polar surface area (TPSA) is 29.3 Å². The van der Waals surface area contributed by atoms with Crippen molar-refractivity contribution in [1.82, 2.24) is 4.90 Å². The Morgan fingerprint density at radius 3 is 2.36 bits per heavy atom. The molecule has 1 heterocycles. The van der Waals surface area contributed by atoms with Crippen molar-refractivity contribution in [3.63, 3.8) is 0 Å². The first-order valence-electron chi connectivity index (χ1n) is 3.89. The lowest BCUT2D eigenvalue weighted by Gasteiger charge is -2.27. The smallest absolute Gasteiger partial charge is 0.103 e. The third kappa shape index (κ3) is 3.89. The van der Waals surface area contributed by atoms with Gasteiger partial charge in [-0.15, -0.1) is 12.4 Å². The highest BCUT2D eigenvalue weighted by molar-refractivity contribution is 5.85. The molecule has 68 valence electrons. The summed E-state index contributed by atoms with van der Waals surface area (Å²) in [5, 5.41) is 0. The van der Waals surface area contributed by atoms with E-state index >= 15 is 0 Å². The number of halogens is 2. The molecule has 0 aromatic heterocycles. The Morgan fingerprint density at radius 2 is 1.91 bits per heavy atom. The molecular formula is C7H16ClFN2. The van der Waals surface area contributed by atoms with Gasteiger partial charge in [-0.25, -0.2) is 4.39 Å². The van der Waals surface area contributed by atoms with Crippen molar-refractivity contribution < 1.29 is 4.39 Å². The van der Waals surface area contributed by atoms with E-state index in [1.54, 1.807) is 0 Å². The van der Waals surface area contributed by atoms with Crippen LogP contribution in [0.4, 0.5) is 4.39 Å². The summed E-state index contributed by atoms with van der Waals surface area (Å²) in [5.74, 6) is 0. The van der Waals surface area contributed by atoms with Crippen molar-refractivity contribution in [3.8, 4) is 0 Å². The lowest BCUT2D eigenvalue weighted by molar-refractivity contribution is 0.154. The summed E-state index contributed by atoms with van der Waals surface area (Å²) in [4.78, 5) is 2.22. The summed E-state index contributed by atoms with van der Waals surface area (Å²) in [6.45, 7) is 3.39. The molecule has 4 heteroatoms. The zero-order valence-corrected chi connectivity index (χ0v) is 7.45. The molecule has 0 atom stereocenters. The van der Waals surface area contributed by atoms with Crippen LogP contribution in [0.3, 0.4) is 0 Å². The molecule has 2 N–H and O–H groups in total. The van der Waals surface area contributed by atoms with Gasteiger partial charge in [0, 0.05) is 26.2 Å². The van der Waals surface area contributed by atoms with Gasteiger partial charge in [0.25, 0.3) is 0 Å². The molecule has 0 saturated carbocycles. The lowest BCUT2D eigenvalue weighted by Crippen LogP contribution is -2.37. The predicted molar refractivity (Wildman–Crippen MR) is 46.9 cm³/mol. The van der Waals surface area contributed by atoms with Crippen LogP contribution < -0.4 is 5.73 Å². The van der Waals surface area contributed by atoms with Crippen molar-refractivity contribution in [1.29, 1.82) is 0 Å². The van der Waals surface area contributed by atoms with Crippen molar-refractivity contribution in [2.75, 3.05) is 26.2 Å². The SMILES string of the molecule is Cl.NCCN1CCC(F)CC1. The summed E-state index contributed by atoms with van der Waals surface area (Å²) in [7, 11) is 0. The minimum absolute atomic E-state index is 0. The van der Waals surface area contributed by atoms with Crippen LogP contribution in [0.5, 0.6) is 0 Å². The Balaban J connectivity index is 0.000001000. The number of piperidine rings is 1. The number of nitrogens with two attached hydrogens (primary N) is 1. The van der Waals surface area contributed by atoms with E-state index in [9.17, 15) is 4.39 Å². The Hall–Kier alpha value is 0.140. The van der Waals surface area contributed by atoms with Crippen LogP contribution in [-0.4, -0.2) is 37.3 Å². The average Bonchev–Trinajstić information content (AvgIpc) is 1.95. The van der Waals surface area contributed by atoms with E-state index in [0.29, 0.717) is 19.4 Å². The van der Waals surface area contributed by atoms with Crippen molar-refractivity contribution in [2.24, 2.45) is 5.73 Å². The molecule has 0 aromatic carbocycles. The highest BCUT2D eigenvalue weighted by Gasteiger charge is 2.16. The van der Waals surface area contributed by atoms with Crippen LogP contribution in [0, 0.1) is 0 Å². The molecule has 0 radical (unpaired) electrons. The molecular weight excluding hydrogens is 167 g/mol. The summed E-state index contributed by atoms with van der Waals surface area (Å²) in [5.41, 5.74) is 5.36. The number of nitrogens with zero attached hydrogens (tertiary/aromatic N) is 1.